The fourth-order valence-electron chi connectivity index (χ4n) is 2.81. The van der Waals surface area contributed by atoms with Crippen LogP contribution in [0.3, 0.4) is 0 Å². The predicted octanol–water partition coefficient (Wildman–Crippen LogP) is 1.77. The van der Waals surface area contributed by atoms with E-state index >= 15 is 0 Å². The van der Waals surface area contributed by atoms with Crippen molar-refractivity contribution in [3.05, 3.63) is 21.3 Å². The van der Waals surface area contributed by atoms with Crippen LogP contribution in [0.4, 0.5) is 0 Å². The number of rotatable bonds is 2. The van der Waals surface area contributed by atoms with Gasteiger partial charge in [-0.3, -0.25) is 9.13 Å². The Kier molecular flexibility index (Phi) is 3.38. The van der Waals surface area contributed by atoms with Crippen molar-refractivity contribution in [2.45, 2.75) is 43.8 Å². The van der Waals surface area contributed by atoms with Crippen LogP contribution in [-0.4, -0.2) is 25.1 Å². The lowest BCUT2D eigenvalue weighted by Crippen LogP contribution is -2.41. The maximum atomic E-state index is 12.6. The van der Waals surface area contributed by atoms with Gasteiger partial charge in [-0.2, -0.15) is 0 Å². The minimum absolute atomic E-state index is 0. The highest BCUT2D eigenvalue weighted by Crippen LogP contribution is 2.38. The van der Waals surface area contributed by atoms with Gasteiger partial charge in [0.2, 0.25) is 0 Å². The van der Waals surface area contributed by atoms with Gasteiger partial charge in [-0.15, -0.1) is 12.4 Å². The Labute approximate surface area is 129 Å². The number of hydrogen-bond acceptors (Lipinski definition) is 4. The van der Waals surface area contributed by atoms with Crippen molar-refractivity contribution in [3.8, 4) is 0 Å². The molecule has 2 aliphatic rings. The molecule has 4 rings (SSSR count). The van der Waals surface area contributed by atoms with Crippen molar-refractivity contribution in [3.63, 3.8) is 0 Å². The molecule has 2 aliphatic carbocycles. The lowest BCUT2D eigenvalue weighted by molar-refractivity contribution is 0.264. The van der Waals surface area contributed by atoms with Crippen LogP contribution in [0, 0.1) is 0 Å². The molecule has 2 saturated carbocycles. The number of nitrogens with two attached hydrogens (primary N) is 1. The summed E-state index contributed by atoms with van der Waals surface area (Å²) in [5, 5.41) is 0. The Hall–Kier alpha value is -0.920. The number of halogens is 2. The van der Waals surface area contributed by atoms with Crippen molar-refractivity contribution in [2.24, 2.45) is 5.73 Å². The molecule has 8 heteroatoms. The third-order valence-electron chi connectivity index (χ3n) is 4.00. The highest BCUT2D eigenvalue weighted by molar-refractivity contribution is 9.10. The summed E-state index contributed by atoms with van der Waals surface area (Å²) in [6, 6.07) is 0.689. The number of hydrogen-bond donors (Lipinski definition) is 1. The van der Waals surface area contributed by atoms with Crippen molar-refractivity contribution in [1.29, 1.82) is 0 Å². The molecule has 0 aromatic carbocycles. The molecule has 2 heterocycles. The topological polar surface area (TPSA) is 78.7 Å². The first-order valence-electron chi connectivity index (χ1n) is 6.55. The van der Waals surface area contributed by atoms with Gasteiger partial charge in [-0.05, 0) is 41.6 Å². The highest BCUT2D eigenvalue weighted by Gasteiger charge is 2.35. The SMILES string of the molecule is Cl.N[C@H]1C[C@H](n2c(=O)n(C3CC3)c3nc(Br)cnc32)C1. The fourth-order valence-corrected chi connectivity index (χ4v) is 3.08. The van der Waals surface area contributed by atoms with Crippen LogP contribution < -0.4 is 11.4 Å². The molecular formula is C12H15BrClN5O. The Balaban J connectivity index is 0.00000121. The molecule has 108 valence electrons. The van der Waals surface area contributed by atoms with E-state index in [1.165, 1.54) is 0 Å². The molecule has 2 aromatic rings. The summed E-state index contributed by atoms with van der Waals surface area (Å²) in [5.74, 6) is 0. The summed E-state index contributed by atoms with van der Waals surface area (Å²) in [7, 11) is 0. The largest absolute Gasteiger partial charge is 0.332 e. The second kappa shape index (κ2) is 4.82. The van der Waals surface area contributed by atoms with Gasteiger partial charge in [-0.1, -0.05) is 0 Å². The number of nitrogens with zero attached hydrogens (tertiary/aromatic N) is 4. The van der Waals surface area contributed by atoms with Crippen LogP contribution in [0.15, 0.2) is 15.6 Å². The first kappa shape index (κ1) is 14.0. The normalized spacial score (nSPS) is 25.3. The minimum Gasteiger partial charge on any atom is -0.328 e. The third-order valence-corrected chi connectivity index (χ3v) is 4.38. The van der Waals surface area contributed by atoms with Gasteiger partial charge in [0.05, 0.1) is 6.20 Å². The lowest BCUT2D eigenvalue weighted by atomic mass is 9.87. The molecule has 0 aliphatic heterocycles. The first-order chi connectivity index (χ1) is 9.15. The minimum atomic E-state index is 0. The Morgan fingerprint density at radius 3 is 2.45 bits per heavy atom. The lowest BCUT2D eigenvalue weighted by Gasteiger charge is -2.32. The monoisotopic (exact) mass is 359 g/mol. The average molecular weight is 361 g/mol. The molecule has 0 radical (unpaired) electrons. The van der Waals surface area contributed by atoms with Gasteiger partial charge in [0.25, 0.3) is 0 Å². The molecular weight excluding hydrogens is 346 g/mol. The molecule has 0 atom stereocenters. The molecule has 0 saturated heterocycles. The standard InChI is InChI=1S/C12H14BrN5O.ClH/c13-9-5-15-10-11(16-9)17(7-1-2-7)12(19)18(10)8-3-6(14)4-8;/h5-8H,1-4,14H2;1H/t6-,8-;. The van der Waals surface area contributed by atoms with Crippen LogP contribution >= 0.6 is 28.3 Å². The molecule has 20 heavy (non-hydrogen) atoms. The van der Waals surface area contributed by atoms with Crippen LogP contribution in [0.1, 0.15) is 37.8 Å². The van der Waals surface area contributed by atoms with Gasteiger partial charge >= 0.3 is 5.69 Å². The second-order valence-corrected chi connectivity index (χ2v) is 6.29. The van der Waals surface area contributed by atoms with Crippen molar-refractivity contribution >= 4 is 39.6 Å². The zero-order valence-electron chi connectivity index (χ0n) is 10.7. The zero-order valence-corrected chi connectivity index (χ0v) is 13.1. The first-order valence-corrected chi connectivity index (χ1v) is 7.35. The Morgan fingerprint density at radius 2 is 1.85 bits per heavy atom. The predicted molar refractivity (Wildman–Crippen MR) is 81.3 cm³/mol. The van der Waals surface area contributed by atoms with Gasteiger partial charge in [0.15, 0.2) is 11.3 Å². The van der Waals surface area contributed by atoms with Crippen molar-refractivity contribution in [1.82, 2.24) is 19.1 Å². The van der Waals surface area contributed by atoms with Gasteiger partial charge in [-0.25, -0.2) is 14.8 Å². The summed E-state index contributed by atoms with van der Waals surface area (Å²) >= 11 is 3.33. The van der Waals surface area contributed by atoms with Gasteiger partial charge < -0.3 is 5.73 Å². The molecule has 2 aromatic heterocycles. The summed E-state index contributed by atoms with van der Waals surface area (Å²) < 4.78 is 4.25. The van der Waals surface area contributed by atoms with Crippen LogP contribution in [-0.2, 0) is 0 Å². The summed E-state index contributed by atoms with van der Waals surface area (Å²) in [6.45, 7) is 0. The zero-order chi connectivity index (χ0) is 13.1. The maximum absolute atomic E-state index is 12.6. The molecule has 0 spiro atoms. The molecule has 2 fully saturated rings. The van der Waals surface area contributed by atoms with E-state index in [-0.39, 0.29) is 30.2 Å². The summed E-state index contributed by atoms with van der Waals surface area (Å²) in [6.07, 6.45) is 5.45. The van der Waals surface area contributed by atoms with E-state index < -0.39 is 0 Å². The quantitative estimate of drug-likeness (QED) is 0.885. The smallest absolute Gasteiger partial charge is 0.328 e. The Morgan fingerprint density at radius 1 is 1.20 bits per heavy atom. The molecule has 2 N–H and O–H groups in total. The van der Waals surface area contributed by atoms with Crippen LogP contribution in [0.25, 0.3) is 11.3 Å². The van der Waals surface area contributed by atoms with E-state index in [0.717, 1.165) is 25.7 Å². The van der Waals surface area contributed by atoms with Gasteiger partial charge in [0, 0.05) is 18.1 Å². The van der Waals surface area contributed by atoms with E-state index in [1.54, 1.807) is 15.3 Å². The van der Waals surface area contributed by atoms with E-state index in [0.29, 0.717) is 21.9 Å². The van der Waals surface area contributed by atoms with Crippen molar-refractivity contribution < 1.29 is 0 Å². The fraction of sp³-hybridized carbons (Fsp3) is 0.583. The molecule has 0 unspecified atom stereocenters. The third kappa shape index (κ3) is 1.99. The number of imidazole rings is 1. The number of fused-ring (bicyclic) bond motifs is 1. The van der Waals surface area contributed by atoms with E-state index in [4.69, 9.17) is 5.73 Å². The summed E-state index contributed by atoms with van der Waals surface area (Å²) in [4.78, 5) is 21.4. The molecule has 0 amide bonds. The van der Waals surface area contributed by atoms with E-state index in [2.05, 4.69) is 25.9 Å². The van der Waals surface area contributed by atoms with Crippen LogP contribution in [0.5, 0.6) is 0 Å². The maximum Gasteiger partial charge on any atom is 0.332 e. The summed E-state index contributed by atoms with van der Waals surface area (Å²) in [5.41, 5.74) is 7.25. The average Bonchev–Trinajstić information content (AvgIpc) is 3.11. The van der Waals surface area contributed by atoms with E-state index in [1.807, 2.05) is 0 Å². The van der Waals surface area contributed by atoms with Crippen molar-refractivity contribution in [2.75, 3.05) is 0 Å². The molecule has 0 bridgehead atoms. The molecule has 6 nitrogen and oxygen atoms in total. The van der Waals surface area contributed by atoms with E-state index in [9.17, 15) is 4.79 Å². The highest BCUT2D eigenvalue weighted by atomic mass is 79.9. The van der Waals surface area contributed by atoms with Gasteiger partial charge in [0.1, 0.15) is 4.60 Å². The number of aromatic nitrogens is 4. The Bertz CT molecular complexity index is 716. The van der Waals surface area contributed by atoms with Crippen LogP contribution in [0.2, 0.25) is 0 Å². The second-order valence-electron chi connectivity index (χ2n) is 5.48.